The molecule has 0 aliphatic carbocycles. The summed E-state index contributed by atoms with van der Waals surface area (Å²) in [5.41, 5.74) is 11.8. The molecule has 0 spiro atoms. The van der Waals surface area contributed by atoms with Gasteiger partial charge in [0.1, 0.15) is 5.65 Å². The van der Waals surface area contributed by atoms with Crippen LogP contribution in [0.15, 0.2) is 176 Å². The summed E-state index contributed by atoms with van der Waals surface area (Å²) in [6, 6.07) is 62.2. The first-order chi connectivity index (χ1) is 25.2. The lowest BCUT2D eigenvalue weighted by Crippen LogP contribution is -1.99. The third-order valence-electron chi connectivity index (χ3n) is 9.79. The van der Waals surface area contributed by atoms with E-state index in [2.05, 4.69) is 189 Å². The van der Waals surface area contributed by atoms with Crippen LogP contribution in [0.3, 0.4) is 0 Å². The Labute approximate surface area is 308 Å². The van der Waals surface area contributed by atoms with Gasteiger partial charge in [-0.15, -0.1) is 0 Å². The summed E-state index contributed by atoms with van der Waals surface area (Å²) in [4.78, 5) is 10.7. The number of hydrogen-bond acceptors (Lipinski definition) is 2. The minimum Gasteiger partial charge on any atom is -0.309 e. The topological polar surface area (TPSA) is 35.6 Å². The molecule has 0 unspecified atom stereocenters. The van der Waals surface area contributed by atoms with Crippen LogP contribution in [-0.2, 0) is 0 Å². The number of halogens is 1. The number of fused-ring (bicyclic) bond motifs is 6. The molecule has 4 nitrogen and oxygen atoms in total. The van der Waals surface area contributed by atoms with Crippen LogP contribution in [0, 0.1) is 3.57 Å². The molecule has 0 N–H and O–H groups in total. The predicted molar refractivity (Wildman–Crippen MR) is 220 cm³/mol. The molecule has 0 aliphatic rings. The first-order valence-electron chi connectivity index (χ1n) is 17.0. The Morgan fingerprint density at radius 2 is 0.980 bits per heavy atom. The first-order valence-corrected chi connectivity index (χ1v) is 18.1. The molecule has 0 amide bonds. The van der Waals surface area contributed by atoms with E-state index in [0.717, 1.165) is 59.3 Å². The van der Waals surface area contributed by atoms with Crippen LogP contribution in [-0.4, -0.2) is 19.1 Å². The zero-order chi connectivity index (χ0) is 33.9. The minimum atomic E-state index is 0.701. The summed E-state index contributed by atoms with van der Waals surface area (Å²) in [6.07, 6.45) is 0. The monoisotopic (exact) mass is 764 g/mol. The van der Waals surface area contributed by atoms with Crippen LogP contribution in [0.4, 0.5) is 0 Å². The Balaban J connectivity index is 1.33. The van der Waals surface area contributed by atoms with E-state index in [1.54, 1.807) is 0 Å². The maximum atomic E-state index is 5.38. The molecule has 10 aromatic rings. The van der Waals surface area contributed by atoms with Crippen LogP contribution >= 0.6 is 22.6 Å². The zero-order valence-electron chi connectivity index (χ0n) is 27.4. The fourth-order valence-electron chi connectivity index (χ4n) is 7.60. The smallest absolute Gasteiger partial charge is 0.162 e. The molecule has 3 heterocycles. The Kier molecular flexibility index (Phi) is 7.06. The molecule has 240 valence electrons. The molecule has 0 saturated heterocycles. The van der Waals surface area contributed by atoms with Crippen LogP contribution in [0.5, 0.6) is 0 Å². The van der Waals surface area contributed by atoms with Crippen molar-refractivity contribution in [2.24, 2.45) is 0 Å². The van der Waals surface area contributed by atoms with Gasteiger partial charge >= 0.3 is 0 Å². The van der Waals surface area contributed by atoms with E-state index in [4.69, 9.17) is 9.97 Å². The van der Waals surface area contributed by atoms with Crippen molar-refractivity contribution >= 4 is 66.3 Å². The Bertz CT molecular complexity index is 2860. The van der Waals surface area contributed by atoms with Gasteiger partial charge in [0.05, 0.1) is 27.6 Å². The molecule has 3 aromatic heterocycles. The second-order valence-electron chi connectivity index (χ2n) is 12.7. The van der Waals surface area contributed by atoms with Crippen LogP contribution in [0.25, 0.3) is 88.9 Å². The third kappa shape index (κ3) is 4.80. The van der Waals surface area contributed by atoms with Gasteiger partial charge in [0, 0.05) is 47.8 Å². The first kappa shape index (κ1) is 29.8. The lowest BCUT2D eigenvalue weighted by atomic mass is 9.97. The predicted octanol–water partition coefficient (Wildman–Crippen LogP) is 12.3. The van der Waals surface area contributed by atoms with Crippen molar-refractivity contribution in [3.63, 3.8) is 0 Å². The summed E-state index contributed by atoms with van der Waals surface area (Å²) >= 11 is 2.51. The fraction of sp³-hybridized carbons (Fsp3) is 0. The van der Waals surface area contributed by atoms with E-state index in [1.807, 2.05) is 18.2 Å². The number of benzene rings is 7. The lowest BCUT2D eigenvalue weighted by molar-refractivity contribution is 1.11. The average molecular weight is 765 g/mol. The van der Waals surface area contributed by atoms with Gasteiger partial charge in [-0.05, 0) is 76.7 Å². The van der Waals surface area contributed by atoms with E-state index in [1.165, 1.54) is 27.4 Å². The second-order valence-corrected chi connectivity index (χ2v) is 13.9. The van der Waals surface area contributed by atoms with E-state index in [9.17, 15) is 0 Å². The van der Waals surface area contributed by atoms with Gasteiger partial charge in [0.2, 0.25) is 0 Å². The Morgan fingerprint density at radius 3 is 1.67 bits per heavy atom. The third-order valence-corrected chi connectivity index (χ3v) is 10.7. The SMILES string of the molecule is Ic1ccc2c(c1-c1cccc(-n3c4ccccc4c4ccccc43)c1)c1c(-c3ccccc3)nc(-c3ccccc3)nc1n2-c1ccccc1. The van der Waals surface area contributed by atoms with Crippen molar-refractivity contribution in [2.45, 2.75) is 0 Å². The van der Waals surface area contributed by atoms with Gasteiger partial charge in [0.25, 0.3) is 0 Å². The van der Waals surface area contributed by atoms with Crippen LogP contribution in [0.1, 0.15) is 0 Å². The fourth-order valence-corrected chi connectivity index (χ4v) is 8.36. The Morgan fingerprint density at radius 1 is 0.412 bits per heavy atom. The molecule has 0 aliphatic heterocycles. The molecule has 51 heavy (non-hydrogen) atoms. The summed E-state index contributed by atoms with van der Waals surface area (Å²) < 4.78 is 5.86. The van der Waals surface area contributed by atoms with Gasteiger partial charge in [-0.3, -0.25) is 4.57 Å². The van der Waals surface area contributed by atoms with E-state index in [-0.39, 0.29) is 0 Å². The summed E-state index contributed by atoms with van der Waals surface area (Å²) in [7, 11) is 0. The molecule has 5 heteroatoms. The molecule has 0 saturated carbocycles. The van der Waals surface area contributed by atoms with Gasteiger partial charge in [-0.2, -0.15) is 0 Å². The van der Waals surface area contributed by atoms with Crippen molar-refractivity contribution in [2.75, 3.05) is 0 Å². The number of rotatable bonds is 5. The highest BCUT2D eigenvalue weighted by Crippen LogP contribution is 2.45. The molecule has 7 aromatic carbocycles. The van der Waals surface area contributed by atoms with E-state index < -0.39 is 0 Å². The van der Waals surface area contributed by atoms with Crippen molar-refractivity contribution in [1.82, 2.24) is 19.1 Å². The molecule has 10 rings (SSSR count). The molecular weight excluding hydrogens is 735 g/mol. The van der Waals surface area contributed by atoms with Crippen molar-refractivity contribution in [3.05, 3.63) is 179 Å². The average Bonchev–Trinajstić information content (AvgIpc) is 3.71. The Hall–Kier alpha value is -6.05. The molecule has 0 radical (unpaired) electrons. The molecule has 0 fully saturated rings. The normalized spacial score (nSPS) is 11.6. The van der Waals surface area contributed by atoms with E-state index in [0.29, 0.717) is 5.82 Å². The number of aromatic nitrogens is 4. The standard InChI is InChI=1S/C46H29IN4/c47-37-27-28-40-42(41(37)32-19-14-22-34(29-32)50-38-25-12-10-23-35(38)36-24-11-13-26-39(36)50)43-44(30-15-4-1-5-16-30)48-45(31-17-6-2-7-18-31)49-46(43)51(40)33-20-8-3-9-21-33/h1-29H. The highest BCUT2D eigenvalue weighted by molar-refractivity contribution is 14.1. The minimum absolute atomic E-state index is 0.701. The molecular formula is C46H29IN4. The lowest BCUT2D eigenvalue weighted by Gasteiger charge is -2.13. The van der Waals surface area contributed by atoms with Gasteiger partial charge < -0.3 is 4.57 Å². The second kappa shape index (κ2) is 12.1. The highest BCUT2D eigenvalue weighted by Gasteiger charge is 2.25. The summed E-state index contributed by atoms with van der Waals surface area (Å²) in [5, 5.41) is 4.68. The highest BCUT2D eigenvalue weighted by atomic mass is 127. The largest absolute Gasteiger partial charge is 0.309 e. The maximum Gasteiger partial charge on any atom is 0.162 e. The summed E-state index contributed by atoms with van der Waals surface area (Å²) in [5.74, 6) is 0.701. The molecule has 0 bridgehead atoms. The van der Waals surface area contributed by atoms with E-state index >= 15 is 0 Å². The van der Waals surface area contributed by atoms with Crippen LogP contribution in [0.2, 0.25) is 0 Å². The van der Waals surface area contributed by atoms with Gasteiger partial charge in [0.15, 0.2) is 5.82 Å². The molecule has 0 atom stereocenters. The zero-order valence-corrected chi connectivity index (χ0v) is 29.6. The van der Waals surface area contributed by atoms with Gasteiger partial charge in [-0.25, -0.2) is 9.97 Å². The number of nitrogens with zero attached hydrogens (tertiary/aromatic N) is 4. The van der Waals surface area contributed by atoms with Crippen molar-refractivity contribution in [1.29, 1.82) is 0 Å². The van der Waals surface area contributed by atoms with Crippen LogP contribution < -0.4 is 0 Å². The number of hydrogen-bond donors (Lipinski definition) is 0. The maximum absolute atomic E-state index is 5.38. The van der Waals surface area contributed by atoms with Gasteiger partial charge in [-0.1, -0.05) is 127 Å². The quantitative estimate of drug-likeness (QED) is 0.164. The summed E-state index contributed by atoms with van der Waals surface area (Å²) in [6.45, 7) is 0. The number of para-hydroxylation sites is 3. The van der Waals surface area contributed by atoms with Crippen molar-refractivity contribution < 1.29 is 0 Å². The van der Waals surface area contributed by atoms with Crippen molar-refractivity contribution in [3.8, 4) is 45.1 Å².